The molecule has 0 saturated heterocycles. The van der Waals surface area contributed by atoms with Crippen molar-refractivity contribution >= 4 is 98.7 Å². The van der Waals surface area contributed by atoms with Crippen LogP contribution in [0.3, 0.4) is 0 Å². The maximum Gasteiger partial charge on any atom is 0.453 e. The molecule has 4 bridgehead atoms. The highest BCUT2D eigenvalue weighted by atomic mass is 31.1. The molecule has 0 amide bonds. The minimum Gasteiger partial charge on any atom is -0.497 e. The molecule has 6 aliphatic rings. The fourth-order valence-electron chi connectivity index (χ4n) is 16.6. The molecule has 2 heterocycles. The molecule has 526 valence electrons. The first-order valence-electron chi connectivity index (χ1n) is 35.7. The zero-order valence-corrected chi connectivity index (χ0v) is 64.0. The quantitative estimate of drug-likeness (QED) is 0.110. The molecule has 0 aliphatic heterocycles. The lowest BCUT2D eigenvalue weighted by atomic mass is 9.61. The third kappa shape index (κ3) is 12.4. The van der Waals surface area contributed by atoms with Crippen molar-refractivity contribution in [1.29, 1.82) is 0 Å². The van der Waals surface area contributed by atoms with Gasteiger partial charge in [-0.15, -0.1) is 9.24 Å². The predicted molar refractivity (Wildman–Crippen MR) is 437 cm³/mol. The van der Waals surface area contributed by atoms with Crippen LogP contribution in [0.15, 0.2) is 284 Å². The summed E-state index contributed by atoms with van der Waals surface area (Å²) in [5, 5.41) is 8.97. The van der Waals surface area contributed by atoms with Crippen LogP contribution >= 0.6 is 33.6 Å². The van der Waals surface area contributed by atoms with E-state index in [0.717, 1.165) is 66.1 Å². The fourth-order valence-corrected chi connectivity index (χ4v) is 21.8. The lowest BCUT2D eigenvalue weighted by Crippen LogP contribution is -2.33. The molecule has 3 atom stereocenters. The second kappa shape index (κ2) is 29.0. The molecule has 0 saturated carbocycles. The average Bonchev–Trinajstić information content (AvgIpc) is 0.733. The molecule has 15 aromatic rings. The van der Waals surface area contributed by atoms with Crippen LogP contribution in [-0.4, -0.2) is 28.4 Å². The minimum atomic E-state index is -2.02. The Kier molecular flexibility index (Phi) is 18.7. The van der Waals surface area contributed by atoms with Crippen molar-refractivity contribution in [2.24, 2.45) is 0 Å². The molecule has 14 heteroatoms. The van der Waals surface area contributed by atoms with Crippen molar-refractivity contribution in [2.75, 3.05) is 28.4 Å². The van der Waals surface area contributed by atoms with Gasteiger partial charge in [-0.3, -0.25) is 0 Å². The van der Waals surface area contributed by atoms with Gasteiger partial charge in [-0.05, 0) is 208 Å². The first-order chi connectivity index (χ1) is 51.9. The molecule has 21 rings (SSSR count). The van der Waals surface area contributed by atoms with Gasteiger partial charge in [0.05, 0.1) is 28.4 Å². The van der Waals surface area contributed by atoms with Gasteiger partial charge < -0.3 is 44.8 Å². The third-order valence-corrected chi connectivity index (χ3v) is 26.0. The SMILES string of the molecule is COc1cc(C)c2op(Oc3cccc4c3C3c5ccccc5C4c4cccc(Op5oc6c(C)cc(OC)cc6c6cc(OC)cc(C)c6o5)c43)oc3c(C)cc(OC)cc3c2c1.Pc1ccccc1.c1ccc(-c2cccc3c2C2CCC3c3cccc(P(c4ccccc4)c4ccccc4)c32)cc1. The predicted octanol–water partition coefficient (Wildman–Crippen LogP) is 23.5. The van der Waals surface area contributed by atoms with E-state index in [0.29, 0.717) is 68.7 Å². The van der Waals surface area contributed by atoms with Crippen LogP contribution in [0.25, 0.3) is 55.0 Å². The van der Waals surface area contributed by atoms with Crippen molar-refractivity contribution in [3.63, 3.8) is 0 Å². The molecule has 3 unspecified atom stereocenters. The number of methoxy groups -OCH3 is 4. The Morgan fingerprint density at radius 1 is 0.340 bits per heavy atom. The minimum absolute atomic E-state index is 0.0949. The number of ether oxygens (including phenoxy) is 4. The van der Waals surface area contributed by atoms with Crippen molar-refractivity contribution in [1.82, 2.24) is 0 Å². The summed E-state index contributed by atoms with van der Waals surface area (Å²) in [5.41, 5.74) is 22.0. The van der Waals surface area contributed by atoms with Crippen molar-refractivity contribution in [3.05, 3.63) is 345 Å². The maximum absolute atomic E-state index is 7.05. The number of fused-ring (bicyclic) bond motifs is 7. The van der Waals surface area contributed by atoms with Crippen LogP contribution < -0.4 is 49.2 Å². The van der Waals surface area contributed by atoms with Crippen molar-refractivity contribution < 1.29 is 44.8 Å². The summed E-state index contributed by atoms with van der Waals surface area (Å²) in [6, 6.07) is 94.5. The lowest BCUT2D eigenvalue weighted by molar-refractivity contribution is 0.414. The summed E-state index contributed by atoms with van der Waals surface area (Å²) in [6.45, 7) is 8.01. The highest BCUT2D eigenvalue weighted by Gasteiger charge is 2.46. The molecule has 0 spiro atoms. The Morgan fingerprint density at radius 3 is 1.12 bits per heavy atom. The van der Waals surface area contributed by atoms with Crippen LogP contribution in [0.5, 0.6) is 34.5 Å². The van der Waals surface area contributed by atoms with Gasteiger partial charge in [-0.2, -0.15) is 0 Å². The molecule has 2 aromatic heterocycles. The van der Waals surface area contributed by atoms with Gasteiger partial charge in [0.15, 0.2) is 0 Å². The van der Waals surface area contributed by atoms with Crippen LogP contribution in [0.2, 0.25) is 0 Å². The van der Waals surface area contributed by atoms with E-state index in [1.165, 1.54) is 56.3 Å². The summed E-state index contributed by atoms with van der Waals surface area (Å²) in [4.78, 5) is 0. The third-order valence-electron chi connectivity index (χ3n) is 21.1. The van der Waals surface area contributed by atoms with E-state index in [4.69, 9.17) is 44.8 Å². The number of hydrogen-bond donors (Lipinski definition) is 0. The Hall–Kier alpha value is -10.7. The summed E-state index contributed by atoms with van der Waals surface area (Å²) < 4.78 is 64.2. The topological polar surface area (TPSA) is 108 Å². The zero-order valence-electron chi connectivity index (χ0n) is 60.1. The van der Waals surface area contributed by atoms with Gasteiger partial charge >= 0.3 is 16.5 Å². The molecule has 10 nitrogen and oxygen atoms in total. The van der Waals surface area contributed by atoms with E-state index in [1.807, 2.05) is 119 Å². The zero-order chi connectivity index (χ0) is 72.3. The summed E-state index contributed by atoms with van der Waals surface area (Å²) in [6.07, 6.45) is 2.49. The number of benzene rings is 13. The van der Waals surface area contributed by atoms with Gasteiger partial charge in [0.25, 0.3) is 0 Å². The van der Waals surface area contributed by atoms with Crippen LogP contribution in [0, 0.1) is 27.7 Å². The van der Waals surface area contributed by atoms with Gasteiger partial charge in [-0.1, -0.05) is 206 Å². The van der Waals surface area contributed by atoms with E-state index in [2.05, 4.69) is 185 Å². The van der Waals surface area contributed by atoms with Crippen LogP contribution in [0.4, 0.5) is 0 Å². The van der Waals surface area contributed by atoms with E-state index >= 15 is 0 Å². The van der Waals surface area contributed by atoms with E-state index in [1.54, 1.807) is 50.7 Å². The Labute approximate surface area is 622 Å². The highest BCUT2D eigenvalue weighted by molar-refractivity contribution is 7.80. The van der Waals surface area contributed by atoms with E-state index < -0.39 is 24.4 Å². The van der Waals surface area contributed by atoms with Gasteiger partial charge in [0, 0.05) is 56.3 Å². The van der Waals surface area contributed by atoms with Crippen molar-refractivity contribution in [2.45, 2.75) is 64.2 Å². The monoisotopic (exact) mass is 1470 g/mol. The average molecular weight is 1470 g/mol. The molecule has 106 heavy (non-hydrogen) atoms. The van der Waals surface area contributed by atoms with Crippen LogP contribution in [-0.2, 0) is 0 Å². The Balaban J connectivity index is 0.000000163. The van der Waals surface area contributed by atoms with Gasteiger partial charge in [0.2, 0.25) is 0 Å². The van der Waals surface area contributed by atoms with E-state index in [9.17, 15) is 0 Å². The molecule has 0 N–H and O–H groups in total. The van der Waals surface area contributed by atoms with Crippen LogP contribution in [0.1, 0.15) is 114 Å². The largest absolute Gasteiger partial charge is 0.497 e. The molecule has 0 fully saturated rings. The second-order valence-electron chi connectivity index (χ2n) is 27.3. The summed E-state index contributed by atoms with van der Waals surface area (Å²) >= 11 is 0. The molecular weight excluding hydrogens is 1390 g/mol. The van der Waals surface area contributed by atoms with E-state index in [-0.39, 0.29) is 11.8 Å². The summed E-state index contributed by atoms with van der Waals surface area (Å²) in [7, 11) is 4.60. The van der Waals surface area contributed by atoms with Gasteiger partial charge in [0.1, 0.15) is 56.8 Å². The molecule has 0 radical (unpaired) electrons. The standard InChI is InChI=1S/C52H44O10P2.C34H27P.C6H7P/c1-27-19-31(53-5)23-39-40-24-32(54-6)20-28(2)50(40)60-63(59-49(27)39)57-43-17-11-15-37-45-35-13-9-10-14-36(35)48(46(37)43)47-38(45)16-12-18-44(47)58-64-61-51-29(3)21-33(55-7)25-41(51)42-26-34(56-8)22-30(4)52(42)62-64;1-4-12-24(13-5-1)27-18-10-19-29-28-22-23-31(33(27)29)34-30(28)20-11-21-32(34)35(25-14-6-2-7-15-25)26-16-8-3-9-17-26;7-6-4-2-1-3-5-6/h9-26,45,48H,1-8H3;1-21,28,31H,22-23H2;1-5H,7H2. The highest BCUT2D eigenvalue weighted by Crippen LogP contribution is 2.62. The Morgan fingerprint density at radius 2 is 0.698 bits per heavy atom. The first-order valence-corrected chi connectivity index (χ1v) is 39.9. The number of hydrogen-bond acceptors (Lipinski definition) is 10. The van der Waals surface area contributed by atoms with Gasteiger partial charge in [-0.25, -0.2) is 0 Å². The number of aryl methyl sites for hydroxylation is 4. The first kappa shape index (κ1) is 68.4. The molecular formula is C92H78O10P4. The molecule has 13 aromatic carbocycles. The van der Waals surface area contributed by atoms with Crippen molar-refractivity contribution in [3.8, 4) is 45.6 Å². The number of rotatable bonds is 12. The normalized spacial score (nSPS) is 15.2. The molecule has 6 aliphatic carbocycles. The maximum atomic E-state index is 7.05. The second-order valence-corrected chi connectivity index (χ2v) is 32.2. The smallest absolute Gasteiger partial charge is 0.453 e. The Bertz CT molecular complexity index is 5570. The fraction of sp³-hybridized carbons (Fsp3) is 0.152. The summed E-state index contributed by atoms with van der Waals surface area (Å²) in [5.74, 6) is 4.76. The lowest BCUT2D eigenvalue weighted by Gasteiger charge is -2.43.